The van der Waals surface area contributed by atoms with Gasteiger partial charge in [0.1, 0.15) is 5.75 Å². The van der Waals surface area contributed by atoms with Crippen LogP contribution in [0.3, 0.4) is 0 Å². The molecule has 0 radical (unpaired) electrons. The lowest BCUT2D eigenvalue weighted by Crippen LogP contribution is -1.79. The van der Waals surface area contributed by atoms with Crippen LogP contribution in [0.25, 0.3) is 6.08 Å². The lowest BCUT2D eigenvalue weighted by Gasteiger charge is -2.02. The highest BCUT2D eigenvalue weighted by Gasteiger charge is 2.02. The molecule has 1 rings (SSSR count). The van der Waals surface area contributed by atoms with Crippen LogP contribution in [-0.4, -0.2) is 5.11 Å². The van der Waals surface area contributed by atoms with E-state index in [-0.39, 0.29) is 5.75 Å². The van der Waals surface area contributed by atoms with Crippen molar-refractivity contribution >= 4 is 17.7 Å². The van der Waals surface area contributed by atoms with E-state index in [9.17, 15) is 5.11 Å². The summed E-state index contributed by atoms with van der Waals surface area (Å²) in [5, 5.41) is 18.1. The smallest absolute Gasteiger partial charge is 0.137 e. The zero-order valence-electron chi connectivity index (χ0n) is 7.79. The van der Waals surface area contributed by atoms with Gasteiger partial charge in [-0.05, 0) is 30.2 Å². The van der Waals surface area contributed by atoms with E-state index in [0.717, 1.165) is 11.1 Å². The van der Waals surface area contributed by atoms with Crippen LogP contribution in [0.5, 0.6) is 5.75 Å². The van der Waals surface area contributed by atoms with Crippen molar-refractivity contribution in [1.82, 2.24) is 0 Å². The number of allylic oxidation sites excluding steroid dienone is 1. The van der Waals surface area contributed by atoms with Gasteiger partial charge in [-0.25, -0.2) is 0 Å². The summed E-state index contributed by atoms with van der Waals surface area (Å²) < 4.78 is 0. The molecule has 3 heteroatoms. The van der Waals surface area contributed by atoms with E-state index in [2.05, 4.69) is 0 Å². The molecule has 1 aromatic carbocycles. The Bertz CT molecular complexity index is 381. The zero-order valence-corrected chi connectivity index (χ0v) is 8.54. The number of phenols is 1. The fraction of sp³-hybridized carbons (Fsp3) is 0.182. The van der Waals surface area contributed by atoms with E-state index < -0.39 is 0 Å². The maximum Gasteiger partial charge on any atom is 0.137 e. The second kappa shape index (κ2) is 4.69. The van der Waals surface area contributed by atoms with Crippen LogP contribution in [-0.2, 0) is 0 Å². The van der Waals surface area contributed by atoms with Crippen molar-refractivity contribution in [3.05, 3.63) is 34.4 Å². The predicted molar refractivity (Wildman–Crippen MR) is 57.1 cm³/mol. The lowest BCUT2D eigenvalue weighted by atomic mass is 10.1. The Morgan fingerprint density at radius 1 is 1.57 bits per heavy atom. The summed E-state index contributed by atoms with van der Waals surface area (Å²) in [7, 11) is 0. The lowest BCUT2D eigenvalue weighted by molar-refractivity contribution is 0.471. The van der Waals surface area contributed by atoms with Gasteiger partial charge in [0.15, 0.2) is 0 Å². The Labute approximate surface area is 88.1 Å². The van der Waals surface area contributed by atoms with Crippen LogP contribution in [0.1, 0.15) is 17.5 Å². The molecule has 0 unspecified atom stereocenters. The summed E-state index contributed by atoms with van der Waals surface area (Å²) in [5.74, 6) is 0.115. The van der Waals surface area contributed by atoms with Crippen molar-refractivity contribution in [1.29, 1.82) is 5.26 Å². The third-order valence-electron chi connectivity index (χ3n) is 1.80. The second-order valence-corrected chi connectivity index (χ2v) is 3.34. The number of hydrogen-bond acceptors (Lipinski definition) is 2. The van der Waals surface area contributed by atoms with Crippen LogP contribution < -0.4 is 0 Å². The van der Waals surface area contributed by atoms with Gasteiger partial charge in [-0.2, -0.15) is 5.26 Å². The SMILES string of the molecule is Cc1cc(C=CCC#N)cc(Cl)c1O. The molecule has 1 aromatic rings. The number of nitrogens with zero attached hydrogens (tertiary/aromatic N) is 1. The van der Waals surface area contributed by atoms with E-state index >= 15 is 0 Å². The normalized spacial score (nSPS) is 10.4. The standard InChI is InChI=1S/C11H10ClNO/c1-8-6-9(4-2-3-5-13)7-10(12)11(8)14/h2,4,6-7,14H,3H2,1H3. The minimum absolute atomic E-state index is 0.115. The number of phenolic OH excluding ortho intramolecular Hbond substituents is 1. The van der Waals surface area contributed by atoms with Gasteiger partial charge in [0.25, 0.3) is 0 Å². The maximum atomic E-state index is 9.39. The first-order valence-corrected chi connectivity index (χ1v) is 4.55. The van der Waals surface area contributed by atoms with Crippen LogP contribution in [0.2, 0.25) is 5.02 Å². The molecular weight excluding hydrogens is 198 g/mol. The van der Waals surface area contributed by atoms with Gasteiger partial charge in [-0.3, -0.25) is 0 Å². The third kappa shape index (κ3) is 2.51. The number of nitriles is 1. The van der Waals surface area contributed by atoms with Gasteiger partial charge in [0, 0.05) is 0 Å². The molecule has 14 heavy (non-hydrogen) atoms. The van der Waals surface area contributed by atoms with Crippen molar-refractivity contribution in [3.8, 4) is 11.8 Å². The monoisotopic (exact) mass is 207 g/mol. The first-order valence-electron chi connectivity index (χ1n) is 4.17. The van der Waals surface area contributed by atoms with E-state index in [0.29, 0.717) is 11.4 Å². The van der Waals surface area contributed by atoms with Gasteiger partial charge < -0.3 is 5.11 Å². The molecule has 0 amide bonds. The summed E-state index contributed by atoms with van der Waals surface area (Å²) in [4.78, 5) is 0. The summed E-state index contributed by atoms with van der Waals surface area (Å²) in [6, 6.07) is 5.49. The van der Waals surface area contributed by atoms with Crippen molar-refractivity contribution in [3.63, 3.8) is 0 Å². The third-order valence-corrected chi connectivity index (χ3v) is 2.08. The Morgan fingerprint density at radius 3 is 2.86 bits per heavy atom. The number of aromatic hydroxyl groups is 1. The van der Waals surface area contributed by atoms with Gasteiger partial charge >= 0.3 is 0 Å². The molecule has 0 aliphatic rings. The molecule has 0 aliphatic heterocycles. The zero-order chi connectivity index (χ0) is 10.6. The average Bonchev–Trinajstić information content (AvgIpc) is 2.14. The van der Waals surface area contributed by atoms with Gasteiger partial charge in [-0.15, -0.1) is 0 Å². The Hall–Kier alpha value is -1.46. The van der Waals surface area contributed by atoms with Crippen LogP contribution in [0.4, 0.5) is 0 Å². The van der Waals surface area contributed by atoms with E-state index in [1.807, 2.05) is 18.2 Å². The molecule has 2 nitrogen and oxygen atoms in total. The van der Waals surface area contributed by atoms with Gasteiger partial charge in [0.05, 0.1) is 17.5 Å². The molecule has 0 heterocycles. The van der Waals surface area contributed by atoms with Crippen molar-refractivity contribution in [2.24, 2.45) is 0 Å². The molecule has 0 atom stereocenters. The van der Waals surface area contributed by atoms with E-state index in [1.165, 1.54) is 0 Å². The van der Waals surface area contributed by atoms with Crippen LogP contribution in [0.15, 0.2) is 18.2 Å². The Kier molecular flexibility index (Phi) is 3.55. The summed E-state index contributed by atoms with van der Waals surface area (Å²) in [5.41, 5.74) is 1.62. The number of aryl methyl sites for hydroxylation is 1. The number of rotatable bonds is 2. The van der Waals surface area contributed by atoms with Crippen molar-refractivity contribution in [2.45, 2.75) is 13.3 Å². The predicted octanol–water partition coefficient (Wildman–Crippen LogP) is 3.28. The second-order valence-electron chi connectivity index (χ2n) is 2.93. The molecule has 0 fully saturated rings. The highest BCUT2D eigenvalue weighted by atomic mass is 35.5. The minimum atomic E-state index is 0.115. The molecule has 0 spiro atoms. The first kappa shape index (κ1) is 10.6. The van der Waals surface area contributed by atoms with Crippen LogP contribution >= 0.6 is 11.6 Å². The Balaban J connectivity index is 2.96. The average molecular weight is 208 g/mol. The molecule has 0 aliphatic carbocycles. The molecule has 72 valence electrons. The molecule has 0 bridgehead atoms. The summed E-state index contributed by atoms with van der Waals surface area (Å²) in [6.07, 6.45) is 3.93. The Morgan fingerprint density at radius 2 is 2.29 bits per heavy atom. The number of hydrogen-bond donors (Lipinski definition) is 1. The molecule has 0 saturated heterocycles. The molecule has 0 saturated carbocycles. The van der Waals surface area contributed by atoms with Crippen molar-refractivity contribution < 1.29 is 5.11 Å². The topological polar surface area (TPSA) is 44.0 Å². The number of halogens is 1. The minimum Gasteiger partial charge on any atom is -0.506 e. The highest BCUT2D eigenvalue weighted by Crippen LogP contribution is 2.28. The highest BCUT2D eigenvalue weighted by molar-refractivity contribution is 6.32. The quantitative estimate of drug-likeness (QED) is 0.809. The fourth-order valence-corrected chi connectivity index (χ4v) is 1.38. The van der Waals surface area contributed by atoms with Gasteiger partial charge in [-0.1, -0.05) is 23.8 Å². The van der Waals surface area contributed by atoms with Gasteiger partial charge in [0.2, 0.25) is 0 Å². The molecule has 0 aromatic heterocycles. The number of benzene rings is 1. The largest absolute Gasteiger partial charge is 0.506 e. The van der Waals surface area contributed by atoms with E-state index in [4.69, 9.17) is 16.9 Å². The summed E-state index contributed by atoms with van der Waals surface area (Å²) in [6.45, 7) is 1.78. The first-order chi connectivity index (χ1) is 6.65. The molecule has 1 N–H and O–H groups in total. The maximum absolute atomic E-state index is 9.39. The molecular formula is C11H10ClNO. The fourth-order valence-electron chi connectivity index (χ4n) is 1.11. The summed E-state index contributed by atoms with van der Waals surface area (Å²) >= 11 is 5.78. The van der Waals surface area contributed by atoms with Crippen LogP contribution in [0, 0.1) is 18.3 Å². The van der Waals surface area contributed by atoms with E-state index in [1.54, 1.807) is 19.1 Å². The van der Waals surface area contributed by atoms with Crippen molar-refractivity contribution in [2.75, 3.05) is 0 Å².